The molecule has 0 saturated heterocycles. The van der Waals surface area contributed by atoms with E-state index in [2.05, 4.69) is 20.9 Å². The van der Waals surface area contributed by atoms with Crippen molar-refractivity contribution in [2.24, 2.45) is 5.73 Å². The molecule has 3 rings (SSSR count). The standard InChI is InChI=1S/C29H33N5O5/c30-25(35)16-15-23(33-27(36)10-6-18-32-26-9-4-5-17-31-26)29(39)34-24(19-28(37)38)22-13-11-21(12-14-22)20-7-2-1-3-8-20/h1-5,7-9,11-14,17,23-24H,6,10,15-16,18-19H2,(H2,30,35)(H,31,32)(H,33,36)(H,34,39)(H,37,38)/t23-,24?/m0/s1. The highest BCUT2D eigenvalue weighted by atomic mass is 16.4. The largest absolute Gasteiger partial charge is 0.481 e. The first-order chi connectivity index (χ1) is 18.8. The summed E-state index contributed by atoms with van der Waals surface area (Å²) in [4.78, 5) is 52.8. The number of carbonyl (C=O) groups is 4. The number of pyridine rings is 1. The van der Waals surface area contributed by atoms with Crippen LogP contribution in [0, 0.1) is 0 Å². The Balaban J connectivity index is 1.63. The molecule has 10 nitrogen and oxygen atoms in total. The zero-order chi connectivity index (χ0) is 28.0. The third-order valence-corrected chi connectivity index (χ3v) is 6.00. The van der Waals surface area contributed by atoms with Gasteiger partial charge in [-0.05, 0) is 41.7 Å². The number of nitrogens with zero attached hydrogens (tertiary/aromatic N) is 1. The molecule has 39 heavy (non-hydrogen) atoms. The number of nitrogens with two attached hydrogens (primary N) is 1. The molecule has 6 N–H and O–H groups in total. The smallest absolute Gasteiger partial charge is 0.305 e. The SMILES string of the molecule is NC(=O)CC[C@H](NC(=O)CCCNc1ccccn1)C(=O)NC(CC(=O)O)c1ccc(-c2ccccc2)cc1. The molecule has 2 atom stereocenters. The normalized spacial score (nSPS) is 12.1. The van der Waals surface area contributed by atoms with E-state index in [9.17, 15) is 24.3 Å². The van der Waals surface area contributed by atoms with Gasteiger partial charge in [-0.15, -0.1) is 0 Å². The van der Waals surface area contributed by atoms with Crippen molar-refractivity contribution in [1.82, 2.24) is 15.6 Å². The number of nitrogens with one attached hydrogen (secondary N) is 3. The molecule has 0 bridgehead atoms. The minimum absolute atomic E-state index is 0.00811. The monoisotopic (exact) mass is 531 g/mol. The first-order valence-electron chi connectivity index (χ1n) is 12.7. The number of anilines is 1. The second-order valence-electron chi connectivity index (χ2n) is 9.02. The Morgan fingerprint density at radius 1 is 0.846 bits per heavy atom. The van der Waals surface area contributed by atoms with Gasteiger partial charge in [0.2, 0.25) is 17.7 Å². The Bertz CT molecular complexity index is 1240. The van der Waals surface area contributed by atoms with Crippen LogP contribution < -0.4 is 21.7 Å². The van der Waals surface area contributed by atoms with Crippen LogP contribution in [0.2, 0.25) is 0 Å². The molecule has 1 heterocycles. The van der Waals surface area contributed by atoms with Crippen molar-refractivity contribution in [1.29, 1.82) is 0 Å². The van der Waals surface area contributed by atoms with E-state index >= 15 is 0 Å². The zero-order valence-electron chi connectivity index (χ0n) is 21.5. The summed E-state index contributed by atoms with van der Waals surface area (Å²) in [6.45, 7) is 0.502. The number of rotatable bonds is 15. The average Bonchev–Trinajstić information content (AvgIpc) is 2.94. The molecule has 0 spiro atoms. The van der Waals surface area contributed by atoms with Gasteiger partial charge in [-0.3, -0.25) is 19.2 Å². The van der Waals surface area contributed by atoms with Gasteiger partial charge >= 0.3 is 5.97 Å². The summed E-state index contributed by atoms with van der Waals surface area (Å²) >= 11 is 0. The van der Waals surface area contributed by atoms with E-state index in [0.29, 0.717) is 24.3 Å². The molecule has 3 aromatic rings. The van der Waals surface area contributed by atoms with E-state index in [1.807, 2.05) is 54.6 Å². The van der Waals surface area contributed by atoms with Crippen LogP contribution in [0.1, 0.15) is 43.7 Å². The summed E-state index contributed by atoms with van der Waals surface area (Å²) in [7, 11) is 0. The number of aliphatic carboxylic acids is 1. The molecule has 2 aromatic carbocycles. The summed E-state index contributed by atoms with van der Waals surface area (Å²) in [6, 6.07) is 20.5. The Hall–Kier alpha value is -4.73. The minimum Gasteiger partial charge on any atom is -0.481 e. The maximum Gasteiger partial charge on any atom is 0.305 e. The van der Waals surface area contributed by atoms with Gasteiger partial charge in [-0.2, -0.15) is 0 Å². The Morgan fingerprint density at radius 2 is 1.54 bits per heavy atom. The number of benzene rings is 2. The molecule has 1 aromatic heterocycles. The van der Waals surface area contributed by atoms with Crippen LogP contribution in [0.4, 0.5) is 5.82 Å². The van der Waals surface area contributed by atoms with Gasteiger partial charge in [0.05, 0.1) is 12.5 Å². The molecule has 0 fully saturated rings. The van der Waals surface area contributed by atoms with Crippen molar-refractivity contribution >= 4 is 29.5 Å². The first kappa shape index (κ1) is 28.8. The highest BCUT2D eigenvalue weighted by molar-refractivity contribution is 5.88. The van der Waals surface area contributed by atoms with Gasteiger partial charge in [0, 0.05) is 25.6 Å². The molecule has 0 aliphatic carbocycles. The average molecular weight is 532 g/mol. The first-order valence-corrected chi connectivity index (χ1v) is 12.7. The lowest BCUT2D eigenvalue weighted by Gasteiger charge is -2.23. The van der Waals surface area contributed by atoms with Crippen molar-refractivity contribution in [3.8, 4) is 11.1 Å². The fourth-order valence-electron chi connectivity index (χ4n) is 3.99. The van der Waals surface area contributed by atoms with Gasteiger partial charge in [-0.25, -0.2) is 4.98 Å². The zero-order valence-corrected chi connectivity index (χ0v) is 21.5. The summed E-state index contributed by atoms with van der Waals surface area (Å²) in [5.41, 5.74) is 7.83. The third kappa shape index (κ3) is 9.92. The predicted octanol–water partition coefficient (Wildman–Crippen LogP) is 3.02. The fourth-order valence-corrected chi connectivity index (χ4v) is 3.99. The highest BCUT2D eigenvalue weighted by Crippen LogP contribution is 2.23. The van der Waals surface area contributed by atoms with Crippen LogP contribution in [-0.2, 0) is 19.2 Å². The lowest BCUT2D eigenvalue weighted by molar-refractivity contribution is -0.138. The number of carbonyl (C=O) groups excluding carboxylic acids is 3. The molecular weight excluding hydrogens is 498 g/mol. The Morgan fingerprint density at radius 3 is 2.18 bits per heavy atom. The molecule has 0 saturated carbocycles. The second kappa shape index (κ2) is 14.9. The molecular formula is C29H33N5O5. The number of carboxylic acids is 1. The van der Waals surface area contributed by atoms with Crippen LogP contribution in [0.5, 0.6) is 0 Å². The van der Waals surface area contributed by atoms with Gasteiger partial charge in [0.15, 0.2) is 0 Å². The highest BCUT2D eigenvalue weighted by Gasteiger charge is 2.25. The van der Waals surface area contributed by atoms with Crippen molar-refractivity contribution in [2.75, 3.05) is 11.9 Å². The van der Waals surface area contributed by atoms with E-state index in [-0.39, 0.29) is 31.6 Å². The fraction of sp³-hybridized carbons (Fsp3) is 0.276. The third-order valence-electron chi connectivity index (χ3n) is 6.00. The van der Waals surface area contributed by atoms with Crippen LogP contribution >= 0.6 is 0 Å². The number of hydrogen-bond donors (Lipinski definition) is 5. The quantitative estimate of drug-likeness (QED) is 0.188. The molecule has 1 unspecified atom stereocenters. The summed E-state index contributed by atoms with van der Waals surface area (Å²) in [6.07, 6.45) is 1.81. The van der Waals surface area contributed by atoms with E-state index < -0.39 is 29.9 Å². The molecule has 3 amide bonds. The summed E-state index contributed by atoms with van der Waals surface area (Å²) < 4.78 is 0. The number of amides is 3. The van der Waals surface area contributed by atoms with Crippen LogP contribution in [-0.4, -0.2) is 46.4 Å². The van der Waals surface area contributed by atoms with Crippen molar-refractivity contribution in [2.45, 2.75) is 44.2 Å². The van der Waals surface area contributed by atoms with E-state index in [0.717, 1.165) is 11.1 Å². The van der Waals surface area contributed by atoms with Gasteiger partial charge in [-0.1, -0.05) is 60.7 Å². The molecule has 0 aliphatic heterocycles. The van der Waals surface area contributed by atoms with E-state index in [4.69, 9.17) is 5.73 Å². The number of aromatic nitrogens is 1. The number of carboxylic acid groups (broad SMARTS) is 1. The Kier molecular flexibility index (Phi) is 11.0. The summed E-state index contributed by atoms with van der Waals surface area (Å²) in [5, 5.41) is 18.0. The topological polar surface area (TPSA) is 164 Å². The number of primary amides is 1. The van der Waals surface area contributed by atoms with Gasteiger partial charge in [0.1, 0.15) is 11.9 Å². The lowest BCUT2D eigenvalue weighted by atomic mass is 9.98. The van der Waals surface area contributed by atoms with Gasteiger partial charge in [0.25, 0.3) is 0 Å². The van der Waals surface area contributed by atoms with Crippen molar-refractivity contribution < 1.29 is 24.3 Å². The predicted molar refractivity (Wildman–Crippen MR) is 147 cm³/mol. The van der Waals surface area contributed by atoms with Crippen LogP contribution in [0.3, 0.4) is 0 Å². The van der Waals surface area contributed by atoms with Crippen molar-refractivity contribution in [3.05, 3.63) is 84.6 Å². The number of hydrogen-bond acceptors (Lipinski definition) is 6. The molecule has 10 heteroatoms. The summed E-state index contributed by atoms with van der Waals surface area (Å²) in [5.74, 6) is -1.97. The van der Waals surface area contributed by atoms with Gasteiger partial charge < -0.3 is 26.8 Å². The Labute approximate surface area is 227 Å². The molecule has 0 radical (unpaired) electrons. The maximum atomic E-state index is 13.2. The van der Waals surface area contributed by atoms with E-state index in [1.54, 1.807) is 24.4 Å². The molecule has 204 valence electrons. The lowest BCUT2D eigenvalue weighted by Crippen LogP contribution is -2.48. The maximum absolute atomic E-state index is 13.2. The van der Waals surface area contributed by atoms with Crippen molar-refractivity contribution in [3.63, 3.8) is 0 Å². The molecule has 0 aliphatic rings. The van der Waals surface area contributed by atoms with Crippen LogP contribution in [0.15, 0.2) is 79.0 Å². The second-order valence-corrected chi connectivity index (χ2v) is 9.02. The van der Waals surface area contributed by atoms with E-state index in [1.165, 1.54) is 0 Å². The minimum atomic E-state index is -1.09. The van der Waals surface area contributed by atoms with Crippen LogP contribution in [0.25, 0.3) is 11.1 Å².